The second kappa shape index (κ2) is 7.60. The molecule has 3 aromatic rings. The number of aryl methyl sites for hydroxylation is 1. The van der Waals surface area contributed by atoms with E-state index in [4.69, 9.17) is 4.74 Å². The molecule has 0 unspecified atom stereocenters. The van der Waals surface area contributed by atoms with Gasteiger partial charge in [0, 0.05) is 22.4 Å². The fourth-order valence-electron chi connectivity index (χ4n) is 2.84. The van der Waals surface area contributed by atoms with E-state index in [1.54, 1.807) is 6.08 Å². The molecule has 1 amide bonds. The highest BCUT2D eigenvalue weighted by molar-refractivity contribution is 7.15. The van der Waals surface area contributed by atoms with Gasteiger partial charge < -0.3 is 4.74 Å². The Kier molecular flexibility index (Phi) is 4.85. The third-order valence-corrected chi connectivity index (χ3v) is 5.33. The van der Waals surface area contributed by atoms with Crippen LogP contribution in [0.15, 0.2) is 72.5 Å². The minimum absolute atomic E-state index is 0.202. The number of anilines is 1. The van der Waals surface area contributed by atoms with Crippen molar-refractivity contribution in [3.8, 4) is 5.75 Å². The molecule has 0 saturated carbocycles. The quantitative estimate of drug-likeness (QED) is 0.701. The average Bonchev–Trinajstić information content (AvgIpc) is 2.89. The van der Waals surface area contributed by atoms with Crippen molar-refractivity contribution in [1.29, 1.82) is 0 Å². The number of para-hydroxylation sites is 1. The van der Waals surface area contributed by atoms with Crippen LogP contribution in [0.4, 0.5) is 5.13 Å². The molecule has 0 spiro atoms. The molecule has 2 aromatic carbocycles. The molecule has 5 heteroatoms. The first-order valence-electron chi connectivity index (χ1n) is 8.64. The summed E-state index contributed by atoms with van der Waals surface area (Å²) >= 11 is 1.51. The van der Waals surface area contributed by atoms with E-state index in [0.29, 0.717) is 10.7 Å². The van der Waals surface area contributed by atoms with Gasteiger partial charge in [-0.2, -0.15) is 0 Å². The highest BCUT2D eigenvalue weighted by atomic mass is 32.1. The number of nitrogens with zero attached hydrogens (tertiary/aromatic N) is 1. The lowest BCUT2D eigenvalue weighted by Crippen LogP contribution is -2.12. The summed E-state index contributed by atoms with van der Waals surface area (Å²) in [6.45, 7) is 1.97. The Morgan fingerprint density at radius 3 is 2.74 bits per heavy atom. The molecule has 1 aromatic heterocycles. The van der Waals surface area contributed by atoms with Crippen LogP contribution < -0.4 is 10.1 Å². The zero-order chi connectivity index (χ0) is 18.6. The van der Waals surface area contributed by atoms with Crippen molar-refractivity contribution in [2.75, 3.05) is 5.32 Å². The van der Waals surface area contributed by atoms with Gasteiger partial charge in [0.2, 0.25) is 0 Å². The largest absolute Gasteiger partial charge is 0.464 e. The van der Waals surface area contributed by atoms with Crippen LogP contribution in [0.1, 0.15) is 21.7 Å². The number of ether oxygens (including phenoxy) is 1. The molecule has 1 aliphatic heterocycles. The summed E-state index contributed by atoms with van der Waals surface area (Å²) in [7, 11) is 0. The van der Waals surface area contributed by atoms with Crippen LogP contribution in [0.5, 0.6) is 5.75 Å². The summed E-state index contributed by atoms with van der Waals surface area (Å²) in [6, 6.07) is 17.9. The molecule has 0 fully saturated rings. The Morgan fingerprint density at radius 2 is 1.89 bits per heavy atom. The van der Waals surface area contributed by atoms with Crippen molar-refractivity contribution >= 4 is 28.5 Å². The highest BCUT2D eigenvalue weighted by Gasteiger charge is 2.15. The van der Waals surface area contributed by atoms with E-state index < -0.39 is 0 Å². The number of aromatic nitrogens is 1. The third-order valence-electron chi connectivity index (χ3n) is 4.26. The molecular formula is C22H18N2O2S. The topological polar surface area (TPSA) is 51.2 Å². The minimum Gasteiger partial charge on any atom is -0.464 e. The number of nitrogens with one attached hydrogen (secondary N) is 1. The van der Waals surface area contributed by atoms with Crippen molar-refractivity contribution in [2.45, 2.75) is 13.3 Å². The van der Waals surface area contributed by atoms with Gasteiger partial charge in [0.25, 0.3) is 5.91 Å². The van der Waals surface area contributed by atoms with E-state index in [2.05, 4.69) is 22.4 Å². The first-order valence-corrected chi connectivity index (χ1v) is 9.46. The van der Waals surface area contributed by atoms with Crippen molar-refractivity contribution in [3.05, 3.63) is 94.2 Å². The lowest BCUT2D eigenvalue weighted by molar-refractivity contribution is -0.112. The molecule has 0 aliphatic carbocycles. The summed E-state index contributed by atoms with van der Waals surface area (Å²) in [5.41, 5.74) is 3.56. The maximum atomic E-state index is 12.7. The molecule has 0 radical (unpaired) electrons. The zero-order valence-corrected chi connectivity index (χ0v) is 15.6. The van der Waals surface area contributed by atoms with Gasteiger partial charge in [-0.25, -0.2) is 4.98 Å². The van der Waals surface area contributed by atoms with Crippen LogP contribution >= 0.6 is 11.3 Å². The number of thiazole rings is 1. The van der Waals surface area contributed by atoms with Gasteiger partial charge in [0.15, 0.2) is 5.13 Å². The smallest absolute Gasteiger partial charge is 0.257 e. The second-order valence-electron chi connectivity index (χ2n) is 6.20. The SMILES string of the molecule is Cc1nc(NC(=O)C2=Cc3ccccc3OC=C2)sc1Cc1ccccc1. The van der Waals surface area contributed by atoms with Gasteiger partial charge >= 0.3 is 0 Å². The van der Waals surface area contributed by atoms with E-state index in [9.17, 15) is 4.79 Å². The van der Waals surface area contributed by atoms with Gasteiger partial charge in [-0.3, -0.25) is 10.1 Å². The molecule has 4 rings (SSSR count). The monoisotopic (exact) mass is 374 g/mol. The average molecular weight is 374 g/mol. The fourth-order valence-corrected chi connectivity index (χ4v) is 3.83. The molecule has 2 heterocycles. The van der Waals surface area contributed by atoms with Crippen molar-refractivity contribution < 1.29 is 9.53 Å². The lowest BCUT2D eigenvalue weighted by atomic mass is 10.1. The van der Waals surface area contributed by atoms with Crippen LogP contribution in [-0.2, 0) is 11.2 Å². The number of hydrogen-bond acceptors (Lipinski definition) is 4. The Hall–Kier alpha value is -3.18. The number of benzene rings is 2. The predicted molar refractivity (Wildman–Crippen MR) is 109 cm³/mol. The molecule has 0 bridgehead atoms. The van der Waals surface area contributed by atoms with Gasteiger partial charge in [-0.1, -0.05) is 48.5 Å². The number of fused-ring (bicyclic) bond motifs is 1. The summed E-state index contributed by atoms with van der Waals surface area (Å²) in [5.74, 6) is 0.526. The number of rotatable bonds is 4. The maximum absolute atomic E-state index is 12.7. The van der Waals surface area contributed by atoms with Crippen molar-refractivity contribution in [1.82, 2.24) is 4.98 Å². The molecule has 0 atom stereocenters. The van der Waals surface area contributed by atoms with Gasteiger partial charge in [0.05, 0.1) is 12.0 Å². The molecule has 27 heavy (non-hydrogen) atoms. The summed E-state index contributed by atoms with van der Waals surface area (Å²) in [4.78, 5) is 18.4. The number of carbonyl (C=O) groups is 1. The van der Waals surface area contributed by atoms with E-state index in [1.807, 2.05) is 55.5 Å². The second-order valence-corrected chi connectivity index (χ2v) is 7.29. The van der Waals surface area contributed by atoms with E-state index in [0.717, 1.165) is 28.3 Å². The van der Waals surface area contributed by atoms with Crippen LogP contribution in [-0.4, -0.2) is 10.9 Å². The predicted octanol–water partition coefficient (Wildman–Crippen LogP) is 4.97. The minimum atomic E-state index is -0.202. The van der Waals surface area contributed by atoms with Crippen LogP contribution in [0, 0.1) is 6.92 Å². The highest BCUT2D eigenvalue weighted by Crippen LogP contribution is 2.27. The fraction of sp³-hybridized carbons (Fsp3) is 0.0909. The molecule has 0 saturated heterocycles. The van der Waals surface area contributed by atoms with Gasteiger partial charge in [-0.15, -0.1) is 11.3 Å². The van der Waals surface area contributed by atoms with E-state index >= 15 is 0 Å². The lowest BCUT2D eigenvalue weighted by Gasteiger charge is -2.03. The first kappa shape index (κ1) is 17.2. The Labute approximate surface area is 161 Å². The molecule has 4 nitrogen and oxygen atoms in total. The number of hydrogen-bond donors (Lipinski definition) is 1. The third kappa shape index (κ3) is 3.99. The summed E-state index contributed by atoms with van der Waals surface area (Å²) in [5, 5.41) is 3.52. The Morgan fingerprint density at radius 1 is 1.11 bits per heavy atom. The van der Waals surface area contributed by atoms with E-state index in [1.165, 1.54) is 23.2 Å². The Bertz CT molecular complexity index is 1040. The maximum Gasteiger partial charge on any atom is 0.257 e. The van der Waals surface area contributed by atoms with Gasteiger partial charge in [0.1, 0.15) is 5.75 Å². The molecule has 134 valence electrons. The van der Waals surface area contributed by atoms with Crippen molar-refractivity contribution in [2.24, 2.45) is 0 Å². The number of carbonyl (C=O) groups excluding carboxylic acids is 1. The van der Waals surface area contributed by atoms with Gasteiger partial charge in [-0.05, 0) is 30.7 Å². The first-order chi connectivity index (χ1) is 13.2. The van der Waals surface area contributed by atoms with Crippen LogP contribution in [0.3, 0.4) is 0 Å². The van der Waals surface area contributed by atoms with Crippen LogP contribution in [0.2, 0.25) is 0 Å². The normalized spacial score (nSPS) is 12.6. The summed E-state index contributed by atoms with van der Waals surface area (Å²) < 4.78 is 5.54. The summed E-state index contributed by atoms with van der Waals surface area (Å²) in [6.07, 6.45) is 5.83. The molecular weight excluding hydrogens is 356 g/mol. The zero-order valence-electron chi connectivity index (χ0n) is 14.8. The standard InChI is InChI=1S/C22H18N2O2S/c1-15-20(13-16-7-3-2-4-8-16)27-22(23-15)24-21(25)18-11-12-26-19-10-6-5-9-17(19)14-18/h2-12,14H,13H2,1H3,(H,23,24,25). The van der Waals surface area contributed by atoms with Crippen LogP contribution in [0.25, 0.3) is 6.08 Å². The van der Waals surface area contributed by atoms with E-state index in [-0.39, 0.29) is 5.91 Å². The van der Waals surface area contributed by atoms with Crippen molar-refractivity contribution in [3.63, 3.8) is 0 Å². The molecule has 1 aliphatic rings. The molecule has 1 N–H and O–H groups in total. The Balaban J connectivity index is 1.52. The number of amides is 1.